The Morgan fingerprint density at radius 2 is 2.21 bits per heavy atom. The Bertz CT molecular complexity index is 612. The highest BCUT2D eigenvalue weighted by atomic mass is 16.1. The van der Waals surface area contributed by atoms with Gasteiger partial charge in [-0.1, -0.05) is 6.92 Å². The van der Waals surface area contributed by atoms with Crippen LogP contribution in [0.1, 0.15) is 28.7 Å². The molecule has 6 nitrogen and oxygen atoms in total. The number of nitrogens with two attached hydrogens (primary N) is 1. The van der Waals surface area contributed by atoms with E-state index >= 15 is 0 Å². The number of amides is 1. The second-order valence-electron chi connectivity index (χ2n) is 4.12. The molecule has 1 amide bonds. The van der Waals surface area contributed by atoms with Gasteiger partial charge in [-0.15, -0.1) is 0 Å². The third-order valence-corrected chi connectivity index (χ3v) is 2.67. The summed E-state index contributed by atoms with van der Waals surface area (Å²) in [4.78, 5) is 16.1. The molecule has 0 saturated heterocycles. The fourth-order valence-electron chi connectivity index (χ4n) is 1.68. The second kappa shape index (κ2) is 5.43. The van der Waals surface area contributed by atoms with Gasteiger partial charge in [-0.2, -0.15) is 10.2 Å². The zero-order chi connectivity index (χ0) is 13.8. The van der Waals surface area contributed by atoms with Crippen LogP contribution in [-0.4, -0.2) is 21.1 Å². The van der Waals surface area contributed by atoms with Crippen LogP contribution in [0.4, 0.5) is 11.4 Å². The van der Waals surface area contributed by atoms with Crippen LogP contribution in [0.15, 0.2) is 24.5 Å². The number of aryl methyl sites for hydroxylation is 2. The van der Waals surface area contributed by atoms with Gasteiger partial charge in [-0.3, -0.25) is 9.78 Å². The highest BCUT2D eigenvalue weighted by molar-refractivity contribution is 6.06. The lowest BCUT2D eigenvalue weighted by Gasteiger charge is -2.09. The summed E-state index contributed by atoms with van der Waals surface area (Å²) in [6.45, 7) is 3.72. The second-order valence-corrected chi connectivity index (χ2v) is 4.12. The zero-order valence-corrected chi connectivity index (χ0v) is 10.8. The van der Waals surface area contributed by atoms with E-state index in [1.165, 1.54) is 6.20 Å². The lowest BCUT2D eigenvalue weighted by atomic mass is 10.1. The van der Waals surface area contributed by atoms with Crippen LogP contribution in [0.25, 0.3) is 0 Å². The molecule has 0 radical (unpaired) electrons. The SMILES string of the molecule is CCc1nnc(C)cc1C(=O)Nc1ccncc1N. The van der Waals surface area contributed by atoms with Gasteiger partial charge in [-0.05, 0) is 25.5 Å². The van der Waals surface area contributed by atoms with Gasteiger partial charge < -0.3 is 11.1 Å². The first-order chi connectivity index (χ1) is 9.11. The number of rotatable bonds is 3. The van der Waals surface area contributed by atoms with Gasteiger partial charge in [0, 0.05) is 6.20 Å². The minimum Gasteiger partial charge on any atom is -0.396 e. The number of carbonyl (C=O) groups excluding carboxylic acids is 1. The molecule has 0 fully saturated rings. The number of hydrogen-bond acceptors (Lipinski definition) is 5. The molecule has 0 aliphatic rings. The third-order valence-electron chi connectivity index (χ3n) is 2.67. The average molecular weight is 257 g/mol. The summed E-state index contributed by atoms with van der Waals surface area (Å²) in [7, 11) is 0. The Morgan fingerprint density at radius 1 is 1.42 bits per heavy atom. The maximum atomic E-state index is 12.2. The quantitative estimate of drug-likeness (QED) is 0.870. The molecule has 2 aromatic heterocycles. The normalized spacial score (nSPS) is 10.2. The van der Waals surface area contributed by atoms with Gasteiger partial charge in [0.15, 0.2) is 0 Å². The largest absolute Gasteiger partial charge is 0.396 e. The van der Waals surface area contributed by atoms with Crippen LogP contribution in [0, 0.1) is 6.92 Å². The molecule has 2 rings (SSSR count). The fraction of sp³-hybridized carbons (Fsp3) is 0.231. The number of carbonyl (C=O) groups is 1. The van der Waals surface area contributed by atoms with Crippen molar-refractivity contribution in [1.29, 1.82) is 0 Å². The standard InChI is InChI=1S/C13H15N5O/c1-3-11-9(6-8(2)17-18-11)13(19)16-12-4-5-15-7-10(12)14/h4-7H,3,14H2,1-2H3,(H,15,16,19). The molecule has 6 heteroatoms. The first-order valence-electron chi connectivity index (χ1n) is 5.96. The van der Waals surface area contributed by atoms with Crippen LogP contribution < -0.4 is 11.1 Å². The molecule has 0 atom stereocenters. The van der Waals surface area contributed by atoms with Crippen LogP contribution >= 0.6 is 0 Å². The number of nitrogens with zero attached hydrogens (tertiary/aromatic N) is 3. The first-order valence-corrected chi connectivity index (χ1v) is 5.96. The van der Waals surface area contributed by atoms with E-state index in [-0.39, 0.29) is 5.91 Å². The molecule has 0 aliphatic carbocycles. The van der Waals surface area contributed by atoms with E-state index < -0.39 is 0 Å². The summed E-state index contributed by atoms with van der Waals surface area (Å²) in [6, 6.07) is 3.37. The van der Waals surface area contributed by atoms with Crippen LogP contribution in [0.3, 0.4) is 0 Å². The number of nitrogens with one attached hydrogen (secondary N) is 1. The van der Waals surface area contributed by atoms with E-state index in [1.54, 1.807) is 25.3 Å². The highest BCUT2D eigenvalue weighted by Crippen LogP contribution is 2.17. The van der Waals surface area contributed by atoms with Crippen LogP contribution in [-0.2, 0) is 6.42 Å². The lowest BCUT2D eigenvalue weighted by molar-refractivity contribution is 0.102. The molecule has 2 aromatic rings. The van der Waals surface area contributed by atoms with Crippen LogP contribution in [0.5, 0.6) is 0 Å². The van der Waals surface area contributed by atoms with Crippen molar-refractivity contribution in [3.63, 3.8) is 0 Å². The van der Waals surface area contributed by atoms with Crippen molar-refractivity contribution >= 4 is 17.3 Å². The van der Waals surface area contributed by atoms with Crippen molar-refractivity contribution in [2.45, 2.75) is 20.3 Å². The van der Waals surface area contributed by atoms with Gasteiger partial charge in [0.1, 0.15) is 0 Å². The van der Waals surface area contributed by atoms with Gasteiger partial charge >= 0.3 is 0 Å². The molecule has 0 spiro atoms. The van der Waals surface area contributed by atoms with Crippen LogP contribution in [0.2, 0.25) is 0 Å². The van der Waals surface area contributed by atoms with Crippen molar-refractivity contribution in [3.8, 4) is 0 Å². The topological polar surface area (TPSA) is 93.8 Å². The summed E-state index contributed by atoms with van der Waals surface area (Å²) < 4.78 is 0. The average Bonchev–Trinajstić information content (AvgIpc) is 2.41. The Balaban J connectivity index is 2.30. The van der Waals surface area contributed by atoms with Gasteiger partial charge in [0.2, 0.25) is 0 Å². The van der Waals surface area contributed by atoms with Crippen molar-refractivity contribution in [2.24, 2.45) is 0 Å². The van der Waals surface area contributed by atoms with E-state index in [9.17, 15) is 4.79 Å². The maximum absolute atomic E-state index is 12.2. The highest BCUT2D eigenvalue weighted by Gasteiger charge is 2.14. The number of nitrogen functional groups attached to an aromatic ring is 1. The molecule has 2 heterocycles. The summed E-state index contributed by atoms with van der Waals surface area (Å²) in [5.41, 5.74) is 8.59. The third kappa shape index (κ3) is 2.85. The van der Waals surface area contributed by atoms with Gasteiger partial charge in [0.25, 0.3) is 5.91 Å². The van der Waals surface area contributed by atoms with Crippen molar-refractivity contribution in [2.75, 3.05) is 11.1 Å². The maximum Gasteiger partial charge on any atom is 0.257 e. The zero-order valence-electron chi connectivity index (χ0n) is 10.8. The van der Waals surface area contributed by atoms with E-state index in [1.807, 2.05) is 6.92 Å². The Morgan fingerprint density at radius 3 is 2.89 bits per heavy atom. The van der Waals surface area contributed by atoms with Gasteiger partial charge in [-0.25, -0.2) is 0 Å². The Labute approximate surface area is 111 Å². The fourth-order valence-corrected chi connectivity index (χ4v) is 1.68. The molecule has 0 unspecified atom stereocenters. The molecule has 19 heavy (non-hydrogen) atoms. The molecule has 98 valence electrons. The summed E-state index contributed by atoms with van der Waals surface area (Å²) in [5, 5.41) is 10.7. The number of aromatic nitrogens is 3. The molecule has 0 aliphatic heterocycles. The van der Waals surface area contributed by atoms with E-state index in [0.29, 0.717) is 34.7 Å². The van der Waals surface area contributed by atoms with E-state index in [2.05, 4.69) is 20.5 Å². The Hall–Kier alpha value is -2.50. The monoisotopic (exact) mass is 257 g/mol. The lowest BCUT2D eigenvalue weighted by Crippen LogP contribution is -2.17. The smallest absolute Gasteiger partial charge is 0.257 e. The molecular formula is C13H15N5O. The number of hydrogen-bond donors (Lipinski definition) is 2. The van der Waals surface area contributed by atoms with E-state index in [4.69, 9.17) is 5.73 Å². The molecule has 0 saturated carbocycles. The predicted octanol–water partition coefficient (Wildman–Crippen LogP) is 1.58. The van der Waals surface area contributed by atoms with Crippen molar-refractivity contribution in [3.05, 3.63) is 41.5 Å². The predicted molar refractivity (Wildman–Crippen MR) is 72.7 cm³/mol. The minimum absolute atomic E-state index is 0.243. The van der Waals surface area contributed by atoms with Crippen molar-refractivity contribution < 1.29 is 4.79 Å². The van der Waals surface area contributed by atoms with E-state index in [0.717, 1.165) is 0 Å². The Kier molecular flexibility index (Phi) is 3.70. The molecule has 0 bridgehead atoms. The summed E-state index contributed by atoms with van der Waals surface area (Å²) >= 11 is 0. The van der Waals surface area contributed by atoms with Gasteiger partial charge in [0.05, 0.1) is 34.5 Å². The number of pyridine rings is 1. The summed E-state index contributed by atoms with van der Waals surface area (Å²) in [6.07, 6.45) is 3.71. The van der Waals surface area contributed by atoms with Crippen molar-refractivity contribution in [1.82, 2.24) is 15.2 Å². The molecule has 3 N–H and O–H groups in total. The summed E-state index contributed by atoms with van der Waals surface area (Å²) in [5.74, 6) is -0.243. The molecule has 0 aromatic carbocycles. The number of anilines is 2. The first kappa shape index (κ1) is 12.9. The minimum atomic E-state index is -0.243. The molecular weight excluding hydrogens is 242 g/mol.